The summed E-state index contributed by atoms with van der Waals surface area (Å²) < 4.78 is 343. The fourth-order valence-electron chi connectivity index (χ4n) is 3.94. The molecule has 30 heteroatoms. The third-order valence-corrected chi connectivity index (χ3v) is 7.16. The molecule has 0 spiro atoms. The van der Waals surface area contributed by atoms with Gasteiger partial charge in [-0.1, -0.05) is 0 Å². The lowest BCUT2D eigenvalue weighted by Gasteiger charge is -2.41. The molecule has 0 aliphatic carbocycles. The second-order valence-corrected chi connectivity index (χ2v) is 10.5. The van der Waals surface area contributed by atoms with E-state index in [4.69, 9.17) is 0 Å². The zero-order valence-corrected chi connectivity index (χ0v) is 23.4. The summed E-state index contributed by atoms with van der Waals surface area (Å²) in [6, 6.07) is 0. The summed E-state index contributed by atoms with van der Waals surface area (Å²) in [5.74, 6) is -88.5. The average Bonchev–Trinajstić information content (AvgIpc) is 2.94. The van der Waals surface area contributed by atoms with Crippen molar-refractivity contribution in [3.63, 3.8) is 0 Å². The van der Waals surface area contributed by atoms with Gasteiger partial charge in [0.05, 0.1) is 0 Å². The van der Waals surface area contributed by atoms with Gasteiger partial charge in [-0.05, 0) is 25.2 Å². The summed E-state index contributed by atoms with van der Waals surface area (Å²) in [5, 5.41) is 0.648. The quantitative estimate of drug-likeness (QED) is 0.191. The number of carbonyl (C=O) groups excluding carboxylic acids is 2. The smallest absolute Gasteiger partial charge is 0.351 e. The first kappa shape index (κ1) is 46.1. The molecule has 1 heterocycles. The van der Waals surface area contributed by atoms with Crippen LogP contribution in [0.15, 0.2) is 0 Å². The molecule has 0 unspecified atom stereocenters. The van der Waals surface area contributed by atoms with Crippen molar-refractivity contribution < 1.29 is 124 Å². The van der Waals surface area contributed by atoms with Gasteiger partial charge in [0, 0.05) is 19.6 Å². The first-order valence-electron chi connectivity index (χ1n) is 12.5. The first-order chi connectivity index (χ1) is 22.0. The zero-order valence-electron chi connectivity index (χ0n) is 23.4. The van der Waals surface area contributed by atoms with E-state index in [1.165, 1.54) is 0 Å². The van der Waals surface area contributed by atoms with Gasteiger partial charge in [-0.25, -0.2) is 0 Å². The fourth-order valence-corrected chi connectivity index (χ4v) is 3.94. The van der Waals surface area contributed by atoms with E-state index in [2.05, 4.69) is 0 Å². The standard InChI is InChI=1S/C21H14F26N2O2/c22-10(23,12(26,27)14(30,31)16(34,35)18(38,39)20(42,43)44)8(50)48-4-1-7-2-5-49(6-3-7)9(51)11(24,25)13(28,29)15(32,33)17(36,37)19(40,41)21(45,46)47/h7H,1-6H2,(H,48,50). The lowest BCUT2D eigenvalue weighted by molar-refractivity contribution is -0.436. The first-order valence-corrected chi connectivity index (χ1v) is 12.5. The average molecular weight is 820 g/mol. The van der Waals surface area contributed by atoms with Crippen LogP contribution in [0.4, 0.5) is 114 Å². The Hall–Kier alpha value is -2.88. The Morgan fingerprint density at radius 1 is 0.451 bits per heavy atom. The molecule has 0 aromatic heterocycles. The van der Waals surface area contributed by atoms with E-state index in [-0.39, 0.29) is 0 Å². The minimum absolute atomic E-state index is 0.590. The number of nitrogens with one attached hydrogen (secondary N) is 1. The highest BCUT2D eigenvalue weighted by Gasteiger charge is 2.93. The SMILES string of the molecule is O=C(NCCC1CCN(C(=O)C(F)(F)C(F)(F)C(F)(F)C(F)(F)C(F)(F)C(F)(F)F)CC1)C(F)(F)C(F)(F)C(F)(F)C(F)(F)C(F)(F)C(F)(F)F. The topological polar surface area (TPSA) is 49.4 Å². The van der Waals surface area contributed by atoms with Crippen LogP contribution in [0.5, 0.6) is 0 Å². The number of likely N-dealkylation sites (tertiary alicyclic amines) is 1. The monoisotopic (exact) mass is 820 g/mol. The lowest BCUT2D eigenvalue weighted by Crippen LogP contribution is -2.72. The summed E-state index contributed by atoms with van der Waals surface area (Å²) in [6.45, 7) is -4.30. The number of nitrogens with zero attached hydrogens (tertiary/aromatic N) is 1. The van der Waals surface area contributed by atoms with Crippen LogP contribution >= 0.6 is 0 Å². The van der Waals surface area contributed by atoms with E-state index < -0.39 is 133 Å². The Morgan fingerprint density at radius 2 is 0.745 bits per heavy atom. The third kappa shape index (κ3) is 6.76. The Balaban J connectivity index is 3.04. The van der Waals surface area contributed by atoms with Gasteiger partial charge in [0.15, 0.2) is 0 Å². The van der Waals surface area contributed by atoms with Crippen molar-refractivity contribution in [3.05, 3.63) is 0 Å². The van der Waals surface area contributed by atoms with E-state index in [1.54, 1.807) is 0 Å². The van der Waals surface area contributed by atoms with Gasteiger partial charge >= 0.3 is 71.6 Å². The van der Waals surface area contributed by atoms with Crippen LogP contribution in [0, 0.1) is 5.92 Å². The predicted octanol–water partition coefficient (Wildman–Crippen LogP) is 8.21. The number of alkyl halides is 26. The molecular weight excluding hydrogens is 806 g/mol. The van der Waals surface area contributed by atoms with E-state index in [9.17, 15) is 124 Å². The number of hydrogen-bond acceptors (Lipinski definition) is 2. The van der Waals surface area contributed by atoms with Gasteiger partial charge in [-0.3, -0.25) is 9.59 Å². The Kier molecular flexibility index (Phi) is 11.7. The van der Waals surface area contributed by atoms with E-state index in [1.807, 2.05) is 0 Å². The molecule has 0 atom stereocenters. The van der Waals surface area contributed by atoms with E-state index in [0.717, 1.165) is 0 Å². The van der Waals surface area contributed by atoms with Gasteiger partial charge in [0.2, 0.25) is 0 Å². The maximum Gasteiger partial charge on any atom is 0.460 e. The number of halogens is 26. The van der Waals surface area contributed by atoms with Crippen LogP contribution in [0.2, 0.25) is 0 Å². The van der Waals surface area contributed by atoms with Gasteiger partial charge in [-0.15, -0.1) is 0 Å². The Bertz CT molecular complexity index is 1270. The second kappa shape index (κ2) is 12.9. The van der Waals surface area contributed by atoms with Crippen LogP contribution in [0.25, 0.3) is 0 Å². The molecule has 1 saturated heterocycles. The highest BCUT2D eigenvalue weighted by atomic mass is 19.4. The maximum atomic E-state index is 14.1. The molecule has 0 saturated carbocycles. The molecule has 1 fully saturated rings. The highest BCUT2D eigenvalue weighted by molar-refractivity contribution is 5.85. The molecule has 0 aromatic rings. The summed E-state index contributed by atoms with van der Waals surface area (Å²) in [5.41, 5.74) is 0. The number of amides is 2. The molecule has 1 aliphatic heterocycles. The van der Waals surface area contributed by atoms with Crippen molar-refractivity contribution in [2.45, 2.75) is 90.8 Å². The van der Waals surface area contributed by atoms with Crippen LogP contribution < -0.4 is 5.32 Å². The summed E-state index contributed by atoms with van der Waals surface area (Å²) >= 11 is 0. The minimum Gasteiger partial charge on any atom is -0.351 e. The predicted molar refractivity (Wildman–Crippen MR) is 109 cm³/mol. The van der Waals surface area contributed by atoms with Crippen LogP contribution in [-0.4, -0.2) is 108 Å². The van der Waals surface area contributed by atoms with Crippen molar-refractivity contribution in [2.75, 3.05) is 19.6 Å². The number of piperidine rings is 1. The largest absolute Gasteiger partial charge is 0.460 e. The van der Waals surface area contributed by atoms with Gasteiger partial charge in [0.25, 0.3) is 11.8 Å². The fraction of sp³-hybridized carbons (Fsp3) is 0.905. The molecule has 1 N–H and O–H groups in total. The van der Waals surface area contributed by atoms with Crippen molar-refractivity contribution in [1.82, 2.24) is 10.2 Å². The molecule has 0 aromatic carbocycles. The van der Waals surface area contributed by atoms with Crippen molar-refractivity contribution in [2.24, 2.45) is 5.92 Å². The molecule has 0 radical (unpaired) electrons. The lowest BCUT2D eigenvalue weighted by atomic mass is 9.91. The van der Waals surface area contributed by atoms with Crippen molar-refractivity contribution in [1.29, 1.82) is 0 Å². The Morgan fingerprint density at radius 3 is 1.06 bits per heavy atom. The van der Waals surface area contributed by atoms with Crippen LogP contribution in [-0.2, 0) is 9.59 Å². The van der Waals surface area contributed by atoms with Gasteiger partial charge in [0.1, 0.15) is 0 Å². The number of rotatable bonds is 13. The zero-order chi connectivity index (χ0) is 41.3. The van der Waals surface area contributed by atoms with Gasteiger partial charge < -0.3 is 10.2 Å². The number of carbonyl (C=O) groups is 2. The molecule has 1 rings (SSSR count). The molecule has 1 aliphatic rings. The number of hydrogen-bond donors (Lipinski definition) is 1. The maximum absolute atomic E-state index is 14.1. The van der Waals surface area contributed by atoms with E-state index in [0.29, 0.717) is 5.32 Å². The molecule has 0 bridgehead atoms. The second-order valence-electron chi connectivity index (χ2n) is 10.5. The van der Waals surface area contributed by atoms with E-state index >= 15 is 0 Å². The molecule has 2 amide bonds. The van der Waals surface area contributed by atoms with Crippen LogP contribution in [0.3, 0.4) is 0 Å². The highest BCUT2D eigenvalue weighted by Crippen LogP contribution is 2.62. The van der Waals surface area contributed by atoms with Crippen LogP contribution in [0.1, 0.15) is 19.3 Å². The van der Waals surface area contributed by atoms with Crippen molar-refractivity contribution >= 4 is 11.8 Å². The molecule has 4 nitrogen and oxygen atoms in total. The Labute approximate surface area is 263 Å². The third-order valence-electron chi connectivity index (χ3n) is 7.16. The molecular formula is C21H14F26N2O2. The normalized spacial score (nSPS) is 17.9. The summed E-state index contributed by atoms with van der Waals surface area (Å²) in [7, 11) is 0. The minimum atomic E-state index is -8.33. The molecule has 51 heavy (non-hydrogen) atoms. The van der Waals surface area contributed by atoms with Gasteiger partial charge in [-0.2, -0.15) is 114 Å². The van der Waals surface area contributed by atoms with Crippen molar-refractivity contribution in [3.8, 4) is 0 Å². The summed E-state index contributed by atoms with van der Waals surface area (Å²) in [6.07, 6.45) is -18.3. The molecule has 302 valence electrons. The summed E-state index contributed by atoms with van der Waals surface area (Å²) in [4.78, 5) is 22.7.